The number of alkyl halides is 3. The molecule has 0 spiro atoms. The van der Waals surface area contributed by atoms with Crippen LogP contribution < -0.4 is 4.74 Å². The fourth-order valence-electron chi connectivity index (χ4n) is 4.44. The Hall–Kier alpha value is -1.92. The van der Waals surface area contributed by atoms with Crippen molar-refractivity contribution in [2.45, 2.75) is 61.9 Å². The van der Waals surface area contributed by atoms with Crippen LogP contribution in [0.25, 0.3) is 0 Å². The molecule has 186 valence electrons. The van der Waals surface area contributed by atoms with Crippen LogP contribution in [0.2, 0.25) is 5.02 Å². The lowest BCUT2D eigenvalue weighted by molar-refractivity contribution is -0.348. The van der Waals surface area contributed by atoms with Gasteiger partial charge in [-0.1, -0.05) is 29.8 Å². The maximum absolute atomic E-state index is 12.4. The molecule has 2 saturated heterocycles. The molecule has 2 bridgehead atoms. The van der Waals surface area contributed by atoms with E-state index < -0.39 is 41.7 Å². The molecule has 0 unspecified atom stereocenters. The van der Waals surface area contributed by atoms with Crippen molar-refractivity contribution < 1.29 is 47.8 Å². The SMILES string of the molecule is CC(C)(O)[C@@]12CO[C@@](c3ccc(Cl)c(Cc4ccc(OC(F)(F)F)cc4)c3)(O1)[C@H](O)[C@@H](O)[C@@H]2O. The molecule has 0 radical (unpaired) electrons. The van der Waals surface area contributed by atoms with Crippen LogP contribution in [0.4, 0.5) is 13.2 Å². The molecule has 7 nitrogen and oxygen atoms in total. The van der Waals surface area contributed by atoms with E-state index >= 15 is 0 Å². The summed E-state index contributed by atoms with van der Waals surface area (Å²) in [5.41, 5.74) is -1.89. The highest BCUT2D eigenvalue weighted by atomic mass is 35.5. The third-order valence-corrected chi connectivity index (χ3v) is 6.75. The zero-order valence-electron chi connectivity index (χ0n) is 18.2. The molecule has 2 aromatic carbocycles. The van der Waals surface area contributed by atoms with Gasteiger partial charge in [0, 0.05) is 10.6 Å². The Kier molecular flexibility index (Phi) is 6.17. The third kappa shape index (κ3) is 4.17. The monoisotopic (exact) mass is 504 g/mol. The second kappa shape index (κ2) is 8.34. The molecule has 2 aliphatic heterocycles. The van der Waals surface area contributed by atoms with Gasteiger partial charge in [-0.05, 0) is 55.7 Å². The number of ether oxygens (including phenoxy) is 3. The Morgan fingerprint density at radius 3 is 2.29 bits per heavy atom. The Labute approximate surface area is 198 Å². The quantitative estimate of drug-likeness (QED) is 0.496. The van der Waals surface area contributed by atoms with Crippen LogP contribution in [0.15, 0.2) is 42.5 Å². The predicted octanol–water partition coefficient (Wildman–Crippen LogP) is 2.64. The highest BCUT2D eigenvalue weighted by molar-refractivity contribution is 6.31. The number of rotatable bonds is 5. The molecular weight excluding hydrogens is 481 g/mol. The number of fused-ring (bicyclic) bond motifs is 2. The zero-order valence-corrected chi connectivity index (χ0v) is 19.0. The van der Waals surface area contributed by atoms with Crippen molar-refractivity contribution in [1.29, 1.82) is 0 Å². The summed E-state index contributed by atoms with van der Waals surface area (Å²) in [7, 11) is 0. The lowest BCUT2D eigenvalue weighted by Crippen LogP contribution is -2.70. The molecule has 5 atom stereocenters. The first-order chi connectivity index (χ1) is 15.7. The van der Waals surface area contributed by atoms with Gasteiger partial charge in [0.05, 0.1) is 12.2 Å². The maximum Gasteiger partial charge on any atom is 0.573 e. The van der Waals surface area contributed by atoms with E-state index in [-0.39, 0.29) is 24.3 Å². The number of hydrogen-bond acceptors (Lipinski definition) is 7. The van der Waals surface area contributed by atoms with Crippen LogP contribution in [-0.2, 0) is 21.7 Å². The third-order valence-electron chi connectivity index (χ3n) is 6.38. The lowest BCUT2D eigenvalue weighted by atomic mass is 9.75. The van der Waals surface area contributed by atoms with Crippen molar-refractivity contribution in [2.24, 2.45) is 0 Å². The lowest BCUT2D eigenvalue weighted by Gasteiger charge is -2.50. The van der Waals surface area contributed by atoms with Crippen LogP contribution in [0.5, 0.6) is 5.75 Å². The molecule has 0 aromatic heterocycles. The molecule has 0 aliphatic carbocycles. The van der Waals surface area contributed by atoms with Gasteiger partial charge in [0.2, 0.25) is 5.79 Å². The molecule has 4 N–H and O–H groups in total. The Morgan fingerprint density at radius 1 is 1.06 bits per heavy atom. The summed E-state index contributed by atoms with van der Waals surface area (Å²) in [6.45, 7) is 2.50. The smallest absolute Gasteiger partial charge is 0.406 e. The summed E-state index contributed by atoms with van der Waals surface area (Å²) in [5.74, 6) is -2.24. The maximum atomic E-state index is 12.4. The topological polar surface area (TPSA) is 109 Å². The number of hydrogen-bond donors (Lipinski definition) is 4. The van der Waals surface area contributed by atoms with Gasteiger partial charge in [0.1, 0.15) is 24.1 Å². The normalized spacial score (nSPS) is 31.5. The molecule has 0 amide bonds. The van der Waals surface area contributed by atoms with Gasteiger partial charge in [0.15, 0.2) is 5.60 Å². The van der Waals surface area contributed by atoms with E-state index in [0.29, 0.717) is 16.1 Å². The second-order valence-corrected chi connectivity index (χ2v) is 9.47. The van der Waals surface area contributed by atoms with E-state index in [0.717, 1.165) is 0 Å². The van der Waals surface area contributed by atoms with Gasteiger partial charge in [-0.2, -0.15) is 0 Å². The molecule has 0 saturated carbocycles. The summed E-state index contributed by atoms with van der Waals surface area (Å²) in [5, 5.41) is 43.0. The first-order valence-electron chi connectivity index (χ1n) is 10.4. The van der Waals surface area contributed by atoms with Gasteiger partial charge in [-0.25, -0.2) is 0 Å². The minimum Gasteiger partial charge on any atom is -0.406 e. The molecule has 2 fully saturated rings. The molecule has 2 heterocycles. The van der Waals surface area contributed by atoms with Crippen LogP contribution in [0, 0.1) is 0 Å². The fourth-order valence-corrected chi connectivity index (χ4v) is 4.63. The van der Waals surface area contributed by atoms with Crippen LogP contribution >= 0.6 is 11.6 Å². The molecule has 4 rings (SSSR count). The van der Waals surface area contributed by atoms with E-state index in [9.17, 15) is 33.6 Å². The van der Waals surface area contributed by atoms with Crippen molar-refractivity contribution in [2.75, 3.05) is 6.61 Å². The summed E-state index contributed by atoms with van der Waals surface area (Å²) >= 11 is 6.34. The molecular formula is C23H24ClF3O7. The summed E-state index contributed by atoms with van der Waals surface area (Å²) in [4.78, 5) is 0. The van der Waals surface area contributed by atoms with Crippen molar-refractivity contribution in [3.05, 3.63) is 64.2 Å². The molecule has 2 aliphatic rings. The first kappa shape index (κ1) is 25.2. The Bertz CT molecular complexity index is 1060. The number of aliphatic hydroxyl groups is 4. The van der Waals surface area contributed by atoms with Crippen LogP contribution in [-0.4, -0.2) is 62.9 Å². The van der Waals surface area contributed by atoms with Gasteiger partial charge < -0.3 is 34.6 Å². The number of aliphatic hydroxyl groups excluding tert-OH is 3. The van der Waals surface area contributed by atoms with Crippen molar-refractivity contribution >= 4 is 11.6 Å². The summed E-state index contributed by atoms with van der Waals surface area (Å²) < 4.78 is 52.9. The van der Waals surface area contributed by atoms with Gasteiger partial charge >= 0.3 is 6.36 Å². The average molecular weight is 505 g/mol. The zero-order chi connectivity index (χ0) is 25.1. The van der Waals surface area contributed by atoms with Crippen molar-refractivity contribution in [3.63, 3.8) is 0 Å². The number of benzene rings is 2. The fraction of sp³-hybridized carbons (Fsp3) is 0.478. The van der Waals surface area contributed by atoms with Crippen LogP contribution in [0.3, 0.4) is 0 Å². The highest BCUT2D eigenvalue weighted by Gasteiger charge is 2.71. The second-order valence-electron chi connectivity index (χ2n) is 9.06. The largest absolute Gasteiger partial charge is 0.573 e. The van der Waals surface area contributed by atoms with E-state index in [4.69, 9.17) is 21.1 Å². The van der Waals surface area contributed by atoms with Gasteiger partial charge in [-0.15, -0.1) is 13.2 Å². The summed E-state index contributed by atoms with van der Waals surface area (Å²) in [6.07, 6.45) is -9.57. The van der Waals surface area contributed by atoms with Crippen molar-refractivity contribution in [3.8, 4) is 5.75 Å². The van der Waals surface area contributed by atoms with E-state index in [1.165, 1.54) is 50.2 Å². The van der Waals surface area contributed by atoms with E-state index in [1.807, 2.05) is 0 Å². The van der Waals surface area contributed by atoms with Gasteiger partial charge in [-0.3, -0.25) is 0 Å². The van der Waals surface area contributed by atoms with E-state index in [1.54, 1.807) is 6.07 Å². The average Bonchev–Trinajstić information content (AvgIpc) is 3.14. The minimum atomic E-state index is -4.79. The molecule has 2 aromatic rings. The minimum absolute atomic E-state index is 0.215. The van der Waals surface area contributed by atoms with Crippen molar-refractivity contribution in [1.82, 2.24) is 0 Å². The first-order valence-corrected chi connectivity index (χ1v) is 10.8. The number of halogens is 4. The predicted molar refractivity (Wildman–Crippen MR) is 113 cm³/mol. The Balaban J connectivity index is 1.66. The van der Waals surface area contributed by atoms with Crippen LogP contribution in [0.1, 0.15) is 30.5 Å². The van der Waals surface area contributed by atoms with Gasteiger partial charge in [0.25, 0.3) is 0 Å². The Morgan fingerprint density at radius 2 is 1.71 bits per heavy atom. The molecule has 11 heteroatoms. The molecule has 34 heavy (non-hydrogen) atoms. The van der Waals surface area contributed by atoms with E-state index in [2.05, 4.69) is 4.74 Å². The summed E-state index contributed by atoms with van der Waals surface area (Å²) in [6, 6.07) is 9.92. The standard InChI is InChI=1S/C23H24ClF3O7/c1-20(2,31)21-11-32-22(34-21,19(30)17(28)18(21)29)14-5-8-16(24)13(10-14)9-12-3-6-15(7-4-12)33-23(25,26)27/h3-8,10,17-19,28-31H,9,11H2,1-2H3/t17-,18-,19+,21-,22-/m0/s1. The highest BCUT2D eigenvalue weighted by Crippen LogP contribution is 2.53.